The Labute approximate surface area is 99.7 Å². The van der Waals surface area contributed by atoms with Crippen molar-refractivity contribution in [3.05, 3.63) is 29.6 Å². The molecule has 0 aromatic carbocycles. The van der Waals surface area contributed by atoms with Crippen LogP contribution >= 0.6 is 0 Å². The summed E-state index contributed by atoms with van der Waals surface area (Å²) in [4.78, 5) is 17.5. The largest absolute Gasteiger partial charge is 0.409 e. The summed E-state index contributed by atoms with van der Waals surface area (Å²) in [5.74, 6) is -0.207. The van der Waals surface area contributed by atoms with Gasteiger partial charge < -0.3 is 15.8 Å². The number of nitrogens with zero attached hydrogens (tertiary/aromatic N) is 3. The third kappa shape index (κ3) is 2.93. The maximum atomic E-state index is 12.1. The second kappa shape index (κ2) is 5.29. The fourth-order valence-electron chi connectivity index (χ4n) is 1.34. The molecule has 92 valence electrons. The normalized spacial score (nSPS) is 13.2. The van der Waals surface area contributed by atoms with Crippen molar-refractivity contribution in [2.24, 2.45) is 10.9 Å². The molecule has 0 fully saturated rings. The Morgan fingerprint density at radius 1 is 1.65 bits per heavy atom. The predicted octanol–water partition coefficient (Wildman–Crippen LogP) is 0.597. The van der Waals surface area contributed by atoms with Gasteiger partial charge in [0.1, 0.15) is 0 Å². The molecule has 1 aromatic heterocycles. The third-order valence-corrected chi connectivity index (χ3v) is 2.59. The molecule has 1 amide bonds. The van der Waals surface area contributed by atoms with Gasteiger partial charge in [-0.15, -0.1) is 0 Å². The quantitative estimate of drug-likeness (QED) is 0.348. The number of carbonyl (C=O) groups is 1. The lowest BCUT2D eigenvalue weighted by atomic mass is 10.2. The van der Waals surface area contributed by atoms with Gasteiger partial charge >= 0.3 is 0 Å². The summed E-state index contributed by atoms with van der Waals surface area (Å²) in [7, 11) is 1.60. The molecule has 6 nitrogen and oxygen atoms in total. The SMILES string of the molecule is Cc1cc(C(=O)N(C)C(C)/C(N)=N/O)ccn1. The molecule has 17 heavy (non-hydrogen) atoms. The van der Waals surface area contributed by atoms with Gasteiger partial charge in [0.25, 0.3) is 5.91 Å². The zero-order valence-electron chi connectivity index (χ0n) is 10.1. The number of amides is 1. The lowest BCUT2D eigenvalue weighted by molar-refractivity contribution is 0.0776. The fourth-order valence-corrected chi connectivity index (χ4v) is 1.34. The van der Waals surface area contributed by atoms with E-state index < -0.39 is 6.04 Å². The number of amidine groups is 1. The van der Waals surface area contributed by atoms with E-state index in [9.17, 15) is 4.79 Å². The van der Waals surface area contributed by atoms with E-state index in [-0.39, 0.29) is 11.7 Å². The smallest absolute Gasteiger partial charge is 0.254 e. The first-order valence-electron chi connectivity index (χ1n) is 5.14. The third-order valence-electron chi connectivity index (χ3n) is 2.59. The highest BCUT2D eigenvalue weighted by Gasteiger charge is 2.20. The molecule has 1 heterocycles. The van der Waals surface area contributed by atoms with Crippen molar-refractivity contribution >= 4 is 11.7 Å². The maximum Gasteiger partial charge on any atom is 0.254 e. The number of oxime groups is 1. The maximum absolute atomic E-state index is 12.1. The zero-order chi connectivity index (χ0) is 13.0. The van der Waals surface area contributed by atoms with Crippen LogP contribution in [0.15, 0.2) is 23.5 Å². The molecule has 0 bridgehead atoms. The first-order valence-corrected chi connectivity index (χ1v) is 5.14. The summed E-state index contributed by atoms with van der Waals surface area (Å²) in [6.07, 6.45) is 1.57. The van der Waals surface area contributed by atoms with Crippen LogP contribution < -0.4 is 5.73 Å². The Hall–Kier alpha value is -2.11. The molecular formula is C11H16N4O2. The molecule has 6 heteroatoms. The van der Waals surface area contributed by atoms with Crippen LogP contribution in [0.1, 0.15) is 23.0 Å². The van der Waals surface area contributed by atoms with Crippen molar-refractivity contribution in [2.45, 2.75) is 19.9 Å². The number of nitrogens with two attached hydrogens (primary N) is 1. The van der Waals surface area contributed by atoms with E-state index in [1.807, 2.05) is 6.92 Å². The number of likely N-dealkylation sites (N-methyl/N-ethyl adjacent to an activating group) is 1. The van der Waals surface area contributed by atoms with Crippen molar-refractivity contribution in [3.63, 3.8) is 0 Å². The van der Waals surface area contributed by atoms with Crippen LogP contribution in [0.4, 0.5) is 0 Å². The van der Waals surface area contributed by atoms with Gasteiger partial charge in [0.2, 0.25) is 0 Å². The monoisotopic (exact) mass is 236 g/mol. The van der Waals surface area contributed by atoms with Crippen molar-refractivity contribution in [1.82, 2.24) is 9.88 Å². The Morgan fingerprint density at radius 2 is 2.29 bits per heavy atom. The van der Waals surface area contributed by atoms with E-state index >= 15 is 0 Å². The van der Waals surface area contributed by atoms with Crippen LogP contribution in [0, 0.1) is 6.92 Å². The van der Waals surface area contributed by atoms with Gasteiger partial charge in [-0.1, -0.05) is 5.16 Å². The van der Waals surface area contributed by atoms with Crippen LogP contribution in [-0.2, 0) is 0 Å². The van der Waals surface area contributed by atoms with Gasteiger partial charge in [0.15, 0.2) is 5.84 Å². The number of carbonyl (C=O) groups excluding carboxylic acids is 1. The number of aromatic nitrogens is 1. The average molecular weight is 236 g/mol. The Morgan fingerprint density at radius 3 is 2.82 bits per heavy atom. The van der Waals surface area contributed by atoms with Crippen molar-refractivity contribution < 1.29 is 10.0 Å². The van der Waals surface area contributed by atoms with Crippen molar-refractivity contribution in [3.8, 4) is 0 Å². The zero-order valence-corrected chi connectivity index (χ0v) is 10.1. The summed E-state index contributed by atoms with van der Waals surface area (Å²) in [6.45, 7) is 3.49. The summed E-state index contributed by atoms with van der Waals surface area (Å²) < 4.78 is 0. The molecular weight excluding hydrogens is 220 g/mol. The standard InChI is InChI=1S/C11H16N4O2/c1-7-6-9(4-5-13-7)11(16)15(3)8(2)10(12)14-17/h4-6,8,17H,1-3H3,(H2,12,14). The number of hydrogen-bond acceptors (Lipinski definition) is 4. The van der Waals surface area contributed by atoms with Gasteiger partial charge in [-0.05, 0) is 26.0 Å². The Kier molecular flexibility index (Phi) is 4.03. The molecule has 1 aromatic rings. The predicted molar refractivity (Wildman–Crippen MR) is 63.9 cm³/mol. The van der Waals surface area contributed by atoms with Crippen molar-refractivity contribution in [2.75, 3.05) is 7.05 Å². The van der Waals surface area contributed by atoms with Crippen molar-refractivity contribution in [1.29, 1.82) is 0 Å². The molecule has 0 aliphatic rings. The van der Waals surface area contributed by atoms with Crippen LogP contribution in [0.25, 0.3) is 0 Å². The first-order chi connectivity index (χ1) is 7.97. The summed E-state index contributed by atoms with van der Waals surface area (Å²) in [6, 6.07) is 2.85. The fraction of sp³-hybridized carbons (Fsp3) is 0.364. The summed E-state index contributed by atoms with van der Waals surface area (Å²) in [5.41, 5.74) is 6.75. The minimum absolute atomic E-state index is 0.00775. The van der Waals surface area contributed by atoms with E-state index in [0.717, 1.165) is 5.69 Å². The Balaban J connectivity index is 2.90. The second-order valence-corrected chi connectivity index (χ2v) is 3.80. The van der Waals surface area contributed by atoms with Gasteiger partial charge in [-0.3, -0.25) is 9.78 Å². The number of pyridine rings is 1. The van der Waals surface area contributed by atoms with E-state index in [2.05, 4.69) is 10.1 Å². The highest BCUT2D eigenvalue weighted by atomic mass is 16.4. The average Bonchev–Trinajstić information content (AvgIpc) is 2.35. The van der Waals surface area contributed by atoms with E-state index in [0.29, 0.717) is 5.56 Å². The number of aryl methyl sites for hydroxylation is 1. The molecule has 0 saturated carbocycles. The minimum atomic E-state index is -0.471. The molecule has 0 aliphatic carbocycles. The number of hydrogen-bond donors (Lipinski definition) is 2. The highest BCUT2D eigenvalue weighted by Crippen LogP contribution is 2.07. The summed E-state index contributed by atoms with van der Waals surface area (Å²) in [5, 5.41) is 11.5. The molecule has 0 radical (unpaired) electrons. The van der Waals surface area contributed by atoms with E-state index in [1.54, 1.807) is 32.3 Å². The molecule has 1 rings (SSSR count). The van der Waals surface area contributed by atoms with Gasteiger partial charge in [-0.25, -0.2) is 0 Å². The van der Waals surface area contributed by atoms with Crippen LogP contribution in [0.3, 0.4) is 0 Å². The van der Waals surface area contributed by atoms with Crippen LogP contribution in [0.5, 0.6) is 0 Å². The van der Waals surface area contributed by atoms with Crippen LogP contribution in [0.2, 0.25) is 0 Å². The molecule has 1 atom stereocenters. The lowest BCUT2D eigenvalue weighted by Crippen LogP contribution is -2.43. The minimum Gasteiger partial charge on any atom is -0.409 e. The van der Waals surface area contributed by atoms with Gasteiger partial charge in [0.05, 0.1) is 6.04 Å². The molecule has 1 unspecified atom stereocenters. The molecule has 0 aliphatic heterocycles. The second-order valence-electron chi connectivity index (χ2n) is 3.80. The molecule has 3 N–H and O–H groups in total. The van der Waals surface area contributed by atoms with E-state index in [4.69, 9.17) is 10.9 Å². The van der Waals surface area contributed by atoms with Gasteiger partial charge in [-0.2, -0.15) is 0 Å². The van der Waals surface area contributed by atoms with Gasteiger partial charge in [0, 0.05) is 24.5 Å². The lowest BCUT2D eigenvalue weighted by Gasteiger charge is -2.23. The Bertz CT molecular complexity index is 445. The highest BCUT2D eigenvalue weighted by molar-refractivity contribution is 5.97. The molecule has 0 spiro atoms. The molecule has 0 saturated heterocycles. The topological polar surface area (TPSA) is 91.8 Å². The van der Waals surface area contributed by atoms with E-state index in [1.165, 1.54) is 4.90 Å². The summed E-state index contributed by atoms with van der Waals surface area (Å²) >= 11 is 0. The number of rotatable bonds is 3. The van der Waals surface area contributed by atoms with Crippen LogP contribution in [-0.4, -0.2) is 39.9 Å². The first kappa shape index (κ1) is 13.0.